The minimum absolute atomic E-state index is 0.0416. The number of fused-ring (bicyclic) bond motifs is 1. The highest BCUT2D eigenvalue weighted by atomic mass is 35.5. The number of rotatable bonds is 5. The van der Waals surface area contributed by atoms with Crippen molar-refractivity contribution in [3.8, 4) is 0 Å². The third-order valence-electron chi connectivity index (χ3n) is 4.06. The van der Waals surface area contributed by atoms with E-state index in [1.165, 1.54) is 0 Å². The van der Waals surface area contributed by atoms with E-state index in [0.717, 1.165) is 0 Å². The van der Waals surface area contributed by atoms with Crippen molar-refractivity contribution in [2.45, 2.75) is 19.8 Å². The summed E-state index contributed by atoms with van der Waals surface area (Å²) in [5.41, 5.74) is 1.72. The second-order valence-electron chi connectivity index (χ2n) is 5.55. The van der Waals surface area contributed by atoms with Gasteiger partial charge in [-0.1, -0.05) is 12.1 Å². The molecule has 2 aromatic rings. The first-order valence-electron chi connectivity index (χ1n) is 7.79. The molecule has 1 unspecified atom stereocenters. The van der Waals surface area contributed by atoms with E-state index in [4.69, 9.17) is 21.0 Å². The third kappa shape index (κ3) is 2.90. The molecule has 2 heterocycles. The van der Waals surface area contributed by atoms with Crippen molar-refractivity contribution in [2.75, 3.05) is 12.5 Å². The predicted molar refractivity (Wildman–Crippen MR) is 91.8 cm³/mol. The average molecular weight is 379 g/mol. The minimum Gasteiger partial charge on any atom is -0.463 e. The molecule has 136 valence electrons. The Morgan fingerprint density at radius 1 is 1.46 bits per heavy atom. The Morgan fingerprint density at radius 3 is 2.88 bits per heavy atom. The number of aromatic nitrogens is 2. The van der Waals surface area contributed by atoms with E-state index < -0.39 is 16.8 Å². The Kier molecular flexibility index (Phi) is 4.90. The van der Waals surface area contributed by atoms with Crippen LogP contribution in [-0.2, 0) is 9.53 Å². The fraction of sp³-hybridized carbons (Fsp3) is 0.312. The van der Waals surface area contributed by atoms with Gasteiger partial charge in [0.1, 0.15) is 17.0 Å². The normalized spacial score (nSPS) is 17.4. The van der Waals surface area contributed by atoms with E-state index in [9.17, 15) is 14.9 Å². The number of carbonyl (C=O) groups excluding carboxylic acids is 1. The molecule has 10 heteroatoms. The molecule has 1 aliphatic heterocycles. The molecule has 1 N–H and O–H groups in total. The first-order chi connectivity index (χ1) is 12.5. The second-order valence-corrected chi connectivity index (χ2v) is 5.82. The van der Waals surface area contributed by atoms with E-state index in [1.807, 2.05) is 0 Å². The molecule has 1 aromatic carbocycles. The van der Waals surface area contributed by atoms with Gasteiger partial charge in [-0.15, -0.1) is 11.6 Å². The summed E-state index contributed by atoms with van der Waals surface area (Å²) in [5.74, 6) is -1.74. The Morgan fingerprint density at radius 2 is 2.23 bits per heavy atom. The maximum Gasteiger partial charge on any atom is 0.337 e. The molecule has 1 atom stereocenters. The lowest BCUT2D eigenvalue weighted by molar-refractivity contribution is -0.431. The number of allylic oxidation sites excluding steroid dienone is 3. The number of nitrogens with one attached hydrogen (secondary N) is 1. The molecule has 0 radical (unpaired) electrons. The molecule has 0 aliphatic carbocycles. The van der Waals surface area contributed by atoms with Gasteiger partial charge >= 0.3 is 5.97 Å². The number of dihydropyridines is 1. The van der Waals surface area contributed by atoms with Crippen molar-refractivity contribution >= 4 is 28.6 Å². The maximum atomic E-state index is 12.6. The third-order valence-corrected chi connectivity index (χ3v) is 4.33. The van der Waals surface area contributed by atoms with Crippen molar-refractivity contribution in [3.63, 3.8) is 0 Å². The quantitative estimate of drug-likeness (QED) is 0.364. The summed E-state index contributed by atoms with van der Waals surface area (Å²) < 4.78 is 9.88. The lowest BCUT2D eigenvalue weighted by Crippen LogP contribution is -2.33. The van der Waals surface area contributed by atoms with Crippen LogP contribution in [-0.4, -0.2) is 33.7 Å². The molecule has 26 heavy (non-hydrogen) atoms. The monoisotopic (exact) mass is 378 g/mol. The highest BCUT2D eigenvalue weighted by Crippen LogP contribution is 2.41. The van der Waals surface area contributed by atoms with E-state index in [2.05, 4.69) is 15.6 Å². The standard InChI is InChI=1S/C16H15ClN4O5/c1-3-25-16(22)13-11(7-17)18-8(2)15(21(23)24)12(13)9-5-4-6-10-14(9)20-26-19-10/h4-6,12,18H,3,7H2,1-2H3. The van der Waals surface area contributed by atoms with Crippen LogP contribution in [0.4, 0.5) is 0 Å². The van der Waals surface area contributed by atoms with E-state index in [0.29, 0.717) is 22.3 Å². The zero-order valence-electron chi connectivity index (χ0n) is 14.0. The van der Waals surface area contributed by atoms with Crippen LogP contribution >= 0.6 is 11.6 Å². The number of nitrogens with zero attached hydrogens (tertiary/aromatic N) is 3. The van der Waals surface area contributed by atoms with Crippen LogP contribution in [0.3, 0.4) is 0 Å². The van der Waals surface area contributed by atoms with Crippen molar-refractivity contribution in [2.24, 2.45) is 0 Å². The molecule has 9 nitrogen and oxygen atoms in total. The fourth-order valence-corrected chi connectivity index (χ4v) is 3.26. The summed E-state index contributed by atoms with van der Waals surface area (Å²) in [4.78, 5) is 23.9. The van der Waals surface area contributed by atoms with Crippen LogP contribution in [0.25, 0.3) is 11.0 Å². The smallest absolute Gasteiger partial charge is 0.337 e. The van der Waals surface area contributed by atoms with E-state index in [-0.39, 0.29) is 29.5 Å². The van der Waals surface area contributed by atoms with Gasteiger partial charge in [-0.2, -0.15) is 0 Å². The van der Waals surface area contributed by atoms with Crippen molar-refractivity contribution in [1.82, 2.24) is 15.6 Å². The maximum absolute atomic E-state index is 12.6. The molecular formula is C16H15ClN4O5. The average Bonchev–Trinajstić information content (AvgIpc) is 3.09. The number of nitro groups is 1. The summed E-state index contributed by atoms with van der Waals surface area (Å²) in [6.45, 7) is 3.33. The first kappa shape index (κ1) is 17.9. The van der Waals surface area contributed by atoms with Gasteiger partial charge in [-0.05, 0) is 30.2 Å². The summed E-state index contributed by atoms with van der Waals surface area (Å²) in [6.07, 6.45) is 0. The number of ether oxygens (including phenoxy) is 1. The molecule has 0 saturated heterocycles. The van der Waals surface area contributed by atoms with Crippen molar-refractivity contribution in [3.05, 3.63) is 56.5 Å². The van der Waals surface area contributed by atoms with E-state index in [1.54, 1.807) is 32.0 Å². The summed E-state index contributed by atoms with van der Waals surface area (Å²) in [7, 11) is 0. The van der Waals surface area contributed by atoms with Gasteiger partial charge in [0, 0.05) is 11.3 Å². The minimum atomic E-state index is -1.02. The SMILES string of the molecule is CCOC(=O)C1=C(CCl)NC(C)=C([N+](=O)[O-])C1c1cccc2nonc12. The van der Waals surface area contributed by atoms with Crippen LogP contribution in [0.5, 0.6) is 0 Å². The van der Waals surface area contributed by atoms with Crippen LogP contribution in [0.2, 0.25) is 0 Å². The van der Waals surface area contributed by atoms with Crippen molar-refractivity contribution < 1.29 is 19.1 Å². The summed E-state index contributed by atoms with van der Waals surface area (Å²) in [6, 6.07) is 4.97. The Hall–Kier alpha value is -2.94. The van der Waals surface area contributed by atoms with Gasteiger partial charge in [-0.25, -0.2) is 9.42 Å². The largest absolute Gasteiger partial charge is 0.463 e. The van der Waals surface area contributed by atoms with Gasteiger partial charge in [0.05, 0.1) is 28.7 Å². The zero-order chi connectivity index (χ0) is 18.8. The molecule has 3 rings (SSSR count). The number of halogens is 1. The van der Waals surface area contributed by atoms with Crippen molar-refractivity contribution in [1.29, 1.82) is 0 Å². The first-order valence-corrected chi connectivity index (χ1v) is 8.32. The molecular weight excluding hydrogens is 364 g/mol. The highest BCUT2D eigenvalue weighted by Gasteiger charge is 2.42. The Labute approximate surface area is 152 Å². The fourth-order valence-electron chi connectivity index (χ4n) is 3.05. The summed E-state index contributed by atoms with van der Waals surface area (Å²) in [5, 5.41) is 22.2. The van der Waals surface area contributed by atoms with Gasteiger partial charge < -0.3 is 10.1 Å². The predicted octanol–water partition coefficient (Wildman–Crippen LogP) is 2.47. The van der Waals surface area contributed by atoms with E-state index >= 15 is 0 Å². The van der Waals surface area contributed by atoms with Crippen LogP contribution in [0.15, 0.2) is 45.5 Å². The molecule has 0 fully saturated rings. The number of hydrogen-bond donors (Lipinski definition) is 1. The summed E-state index contributed by atoms with van der Waals surface area (Å²) >= 11 is 5.99. The van der Waals surface area contributed by atoms with Gasteiger partial charge in [-0.3, -0.25) is 10.1 Å². The Bertz CT molecular complexity index is 949. The molecule has 0 saturated carbocycles. The molecule has 0 spiro atoms. The number of esters is 1. The molecule has 0 amide bonds. The van der Waals surface area contributed by atoms with Gasteiger partial charge in [0.2, 0.25) is 0 Å². The molecule has 1 aromatic heterocycles. The van der Waals surface area contributed by atoms with Crippen LogP contribution in [0.1, 0.15) is 25.3 Å². The Balaban J connectivity index is 2.30. The number of alkyl halides is 1. The van der Waals surface area contributed by atoms with Crippen LogP contribution in [0, 0.1) is 10.1 Å². The molecule has 0 bridgehead atoms. The van der Waals surface area contributed by atoms with Gasteiger partial charge in [0.25, 0.3) is 5.70 Å². The topological polar surface area (TPSA) is 120 Å². The second kappa shape index (κ2) is 7.12. The number of hydrogen-bond acceptors (Lipinski definition) is 8. The highest BCUT2D eigenvalue weighted by molar-refractivity contribution is 6.20. The molecule has 1 aliphatic rings. The van der Waals surface area contributed by atoms with Gasteiger partial charge in [0.15, 0.2) is 0 Å². The number of benzene rings is 1. The lowest BCUT2D eigenvalue weighted by Gasteiger charge is -2.27. The number of carbonyl (C=O) groups is 1. The zero-order valence-corrected chi connectivity index (χ0v) is 14.7. The van der Waals surface area contributed by atoms with Crippen LogP contribution < -0.4 is 5.32 Å². The lowest BCUT2D eigenvalue weighted by atomic mass is 9.83.